The molecule has 1 saturated heterocycles. The molecule has 7 heteroatoms. The minimum atomic E-state index is -0.309. The average Bonchev–Trinajstić information content (AvgIpc) is 2.84. The van der Waals surface area contributed by atoms with Gasteiger partial charge < -0.3 is 10.2 Å². The summed E-state index contributed by atoms with van der Waals surface area (Å²) >= 11 is 0. The summed E-state index contributed by atoms with van der Waals surface area (Å²) in [6, 6.07) is 15.8. The molecule has 0 saturated carbocycles. The molecule has 0 atom stereocenters. The van der Waals surface area contributed by atoms with E-state index >= 15 is 0 Å². The third kappa shape index (κ3) is 5.80. The smallest absolute Gasteiger partial charge is 0.254 e. The highest BCUT2D eigenvalue weighted by atomic mass is 19.1. The van der Waals surface area contributed by atoms with E-state index in [1.165, 1.54) is 12.1 Å². The molecule has 0 radical (unpaired) electrons. The van der Waals surface area contributed by atoms with Crippen molar-refractivity contribution in [3.63, 3.8) is 0 Å². The van der Waals surface area contributed by atoms with Gasteiger partial charge in [-0.25, -0.2) is 14.4 Å². The van der Waals surface area contributed by atoms with Gasteiger partial charge in [0, 0.05) is 31.7 Å². The van der Waals surface area contributed by atoms with Crippen LogP contribution < -0.4 is 5.32 Å². The van der Waals surface area contributed by atoms with Crippen LogP contribution in [0.1, 0.15) is 51.8 Å². The molecular formula is C26H27FN4O2. The second kappa shape index (κ2) is 10.3. The number of rotatable bonds is 6. The number of nitrogens with one attached hydrogen (secondary N) is 1. The highest BCUT2D eigenvalue weighted by Gasteiger charge is 2.26. The first-order chi connectivity index (χ1) is 16.0. The molecule has 2 heterocycles. The molecule has 170 valence electrons. The molecule has 3 aromatic rings. The van der Waals surface area contributed by atoms with Crippen molar-refractivity contribution in [2.24, 2.45) is 0 Å². The van der Waals surface area contributed by atoms with Crippen LogP contribution in [0.5, 0.6) is 0 Å². The van der Waals surface area contributed by atoms with Gasteiger partial charge in [0.2, 0.25) is 5.91 Å². The van der Waals surface area contributed by atoms with E-state index in [-0.39, 0.29) is 23.5 Å². The molecule has 1 aliphatic heterocycles. The highest BCUT2D eigenvalue weighted by molar-refractivity contribution is 5.94. The van der Waals surface area contributed by atoms with Crippen LogP contribution in [0.3, 0.4) is 0 Å². The fourth-order valence-electron chi connectivity index (χ4n) is 4.05. The van der Waals surface area contributed by atoms with Crippen LogP contribution in [0.15, 0.2) is 60.8 Å². The van der Waals surface area contributed by atoms with Gasteiger partial charge in [-0.05, 0) is 43.0 Å². The van der Waals surface area contributed by atoms with Gasteiger partial charge in [0.05, 0.1) is 17.7 Å². The Morgan fingerprint density at radius 3 is 2.39 bits per heavy atom. The number of nitrogens with zero attached hydrogens (tertiary/aromatic N) is 3. The number of benzene rings is 2. The molecule has 4 rings (SSSR count). The van der Waals surface area contributed by atoms with Gasteiger partial charge in [0.25, 0.3) is 5.91 Å². The topological polar surface area (TPSA) is 75.2 Å². The van der Waals surface area contributed by atoms with E-state index in [2.05, 4.69) is 15.3 Å². The minimum absolute atomic E-state index is 0.143. The van der Waals surface area contributed by atoms with Gasteiger partial charge >= 0.3 is 0 Å². The second-order valence-electron chi connectivity index (χ2n) is 8.35. The van der Waals surface area contributed by atoms with Gasteiger partial charge in [-0.1, -0.05) is 42.5 Å². The molecule has 1 aromatic heterocycles. The van der Waals surface area contributed by atoms with E-state index < -0.39 is 0 Å². The number of hydrogen-bond donors (Lipinski definition) is 1. The van der Waals surface area contributed by atoms with Crippen molar-refractivity contribution < 1.29 is 14.0 Å². The predicted molar refractivity (Wildman–Crippen MR) is 123 cm³/mol. The van der Waals surface area contributed by atoms with Crippen LogP contribution in [0.4, 0.5) is 4.39 Å². The summed E-state index contributed by atoms with van der Waals surface area (Å²) in [6.45, 7) is 3.46. The Balaban J connectivity index is 1.31. The molecule has 1 fully saturated rings. The summed E-state index contributed by atoms with van der Waals surface area (Å²) in [7, 11) is 0. The quantitative estimate of drug-likeness (QED) is 0.625. The average molecular weight is 447 g/mol. The minimum Gasteiger partial charge on any atom is -0.348 e. The van der Waals surface area contributed by atoms with Crippen molar-refractivity contribution in [3.05, 3.63) is 94.8 Å². The molecule has 0 aliphatic carbocycles. The number of carbonyl (C=O) groups excluding carboxylic acids is 2. The lowest BCUT2D eigenvalue weighted by Crippen LogP contribution is -2.39. The maximum absolute atomic E-state index is 13.0. The van der Waals surface area contributed by atoms with Crippen molar-refractivity contribution in [1.29, 1.82) is 0 Å². The van der Waals surface area contributed by atoms with E-state index in [9.17, 15) is 14.0 Å². The molecule has 2 aromatic carbocycles. The van der Waals surface area contributed by atoms with E-state index in [1.807, 2.05) is 35.2 Å². The Labute approximate surface area is 192 Å². The van der Waals surface area contributed by atoms with Crippen LogP contribution >= 0.6 is 0 Å². The van der Waals surface area contributed by atoms with Gasteiger partial charge in [0.1, 0.15) is 11.6 Å². The fraction of sp³-hybridized carbons (Fsp3) is 0.308. The van der Waals surface area contributed by atoms with E-state index in [4.69, 9.17) is 0 Å². The summed E-state index contributed by atoms with van der Waals surface area (Å²) in [5, 5.41) is 2.83. The molecule has 33 heavy (non-hydrogen) atoms. The summed E-state index contributed by atoms with van der Waals surface area (Å²) < 4.78 is 13.0. The van der Waals surface area contributed by atoms with Gasteiger partial charge in [-0.15, -0.1) is 0 Å². The van der Waals surface area contributed by atoms with Gasteiger partial charge in [-0.2, -0.15) is 0 Å². The summed E-state index contributed by atoms with van der Waals surface area (Å²) in [6.07, 6.45) is 3.60. The van der Waals surface area contributed by atoms with Crippen molar-refractivity contribution in [2.45, 2.75) is 38.6 Å². The number of amides is 2. The molecule has 0 unspecified atom stereocenters. The summed E-state index contributed by atoms with van der Waals surface area (Å²) in [5.74, 6) is 0.462. The first kappa shape index (κ1) is 22.6. The maximum atomic E-state index is 13.0. The Kier molecular flexibility index (Phi) is 7.07. The van der Waals surface area contributed by atoms with Crippen molar-refractivity contribution in [2.75, 3.05) is 13.1 Å². The number of hydrogen-bond acceptors (Lipinski definition) is 4. The van der Waals surface area contributed by atoms with E-state index in [1.54, 1.807) is 25.3 Å². The first-order valence-electron chi connectivity index (χ1n) is 11.2. The number of aromatic nitrogens is 2. The molecule has 6 nitrogen and oxygen atoms in total. The Morgan fingerprint density at radius 2 is 1.73 bits per heavy atom. The third-order valence-electron chi connectivity index (χ3n) is 6.02. The van der Waals surface area contributed by atoms with E-state index in [0.717, 1.165) is 29.8 Å². The van der Waals surface area contributed by atoms with Crippen LogP contribution in [0.2, 0.25) is 0 Å². The van der Waals surface area contributed by atoms with Crippen molar-refractivity contribution in [3.8, 4) is 0 Å². The largest absolute Gasteiger partial charge is 0.348 e. The number of likely N-dealkylation sites (tertiary alicyclic amines) is 1. The monoisotopic (exact) mass is 446 g/mol. The van der Waals surface area contributed by atoms with Gasteiger partial charge in [0.15, 0.2) is 0 Å². The molecule has 0 bridgehead atoms. The lowest BCUT2D eigenvalue weighted by Gasteiger charge is -2.31. The summed E-state index contributed by atoms with van der Waals surface area (Å²) in [4.78, 5) is 36.1. The lowest BCUT2D eigenvalue weighted by atomic mass is 9.95. The Hall–Kier alpha value is -3.61. The van der Waals surface area contributed by atoms with Crippen molar-refractivity contribution in [1.82, 2.24) is 20.2 Å². The predicted octanol–water partition coefficient (Wildman–Crippen LogP) is 3.80. The number of carbonyl (C=O) groups is 2. The number of aryl methyl sites for hydroxylation is 1. The molecular weight excluding hydrogens is 419 g/mol. The van der Waals surface area contributed by atoms with Crippen LogP contribution in [-0.4, -0.2) is 39.8 Å². The van der Waals surface area contributed by atoms with Crippen LogP contribution in [0.25, 0.3) is 0 Å². The number of piperidine rings is 1. The SMILES string of the molecule is Cc1nc(C2CCN(C(=O)Cc3ccccc3)CC2)ncc1C(=O)NCc1ccc(F)cc1. The summed E-state index contributed by atoms with van der Waals surface area (Å²) in [5.41, 5.74) is 2.89. The van der Waals surface area contributed by atoms with Crippen LogP contribution in [0, 0.1) is 12.7 Å². The zero-order valence-electron chi connectivity index (χ0n) is 18.6. The zero-order chi connectivity index (χ0) is 23.2. The lowest BCUT2D eigenvalue weighted by molar-refractivity contribution is -0.131. The fourth-order valence-corrected chi connectivity index (χ4v) is 4.05. The number of halogens is 1. The molecule has 1 aliphatic rings. The van der Waals surface area contributed by atoms with Crippen LogP contribution in [-0.2, 0) is 17.8 Å². The third-order valence-corrected chi connectivity index (χ3v) is 6.02. The molecule has 1 N–H and O–H groups in total. The molecule has 2 amide bonds. The molecule has 0 spiro atoms. The standard InChI is InChI=1S/C26H27FN4O2/c1-18-23(26(33)29-16-20-7-9-22(27)10-8-20)17-28-25(30-18)21-11-13-31(14-12-21)24(32)15-19-5-3-2-4-6-19/h2-10,17,21H,11-16H2,1H3,(H,29,33). The van der Waals surface area contributed by atoms with E-state index in [0.29, 0.717) is 37.3 Å². The maximum Gasteiger partial charge on any atom is 0.254 e. The normalized spacial score (nSPS) is 14.2. The highest BCUT2D eigenvalue weighted by Crippen LogP contribution is 2.26. The Bertz CT molecular complexity index is 1110. The first-order valence-corrected chi connectivity index (χ1v) is 11.2. The van der Waals surface area contributed by atoms with Crippen molar-refractivity contribution >= 4 is 11.8 Å². The van der Waals surface area contributed by atoms with Gasteiger partial charge in [-0.3, -0.25) is 9.59 Å². The Morgan fingerprint density at radius 1 is 1.03 bits per heavy atom. The zero-order valence-corrected chi connectivity index (χ0v) is 18.6. The second-order valence-corrected chi connectivity index (χ2v) is 8.35.